The van der Waals surface area contributed by atoms with Crippen LogP contribution in [0, 0.1) is 0 Å². The molecule has 0 amide bonds. The van der Waals surface area contributed by atoms with Gasteiger partial charge in [0, 0.05) is 6.61 Å². The summed E-state index contributed by atoms with van der Waals surface area (Å²) in [4.78, 5) is 10.7. The highest BCUT2D eigenvalue weighted by Crippen LogP contribution is 2.21. The Morgan fingerprint density at radius 2 is 2.14 bits per heavy atom. The fourth-order valence-electron chi connectivity index (χ4n) is 1.67. The van der Waals surface area contributed by atoms with Crippen molar-refractivity contribution < 1.29 is 19.4 Å². The Hall–Kier alpha value is -0.610. The zero-order chi connectivity index (χ0) is 10.4. The maximum atomic E-state index is 10.7. The molecule has 1 fully saturated rings. The zero-order valence-corrected chi connectivity index (χ0v) is 8.57. The van der Waals surface area contributed by atoms with E-state index in [4.69, 9.17) is 14.6 Å². The average Bonchev–Trinajstić information content (AvgIpc) is 2.64. The monoisotopic (exact) mass is 202 g/mol. The number of hydrogen-bond acceptors (Lipinski definition) is 3. The number of hydrogen-bond donors (Lipinski definition) is 1. The Balaban J connectivity index is 2.21. The van der Waals surface area contributed by atoms with Crippen LogP contribution in [0.3, 0.4) is 0 Å². The Labute approximate surface area is 84.2 Å². The Bertz CT molecular complexity index is 175. The molecule has 1 rings (SSSR count). The molecule has 0 radical (unpaired) electrons. The van der Waals surface area contributed by atoms with E-state index in [0.717, 1.165) is 12.8 Å². The molecule has 0 heterocycles. The Morgan fingerprint density at radius 3 is 2.64 bits per heavy atom. The molecule has 1 N–H and O–H groups in total. The van der Waals surface area contributed by atoms with Crippen LogP contribution in [-0.4, -0.2) is 36.5 Å². The third kappa shape index (κ3) is 3.64. The predicted octanol–water partition coefficient (Wildman–Crippen LogP) is 1.44. The van der Waals surface area contributed by atoms with Gasteiger partial charge in [-0.3, -0.25) is 0 Å². The van der Waals surface area contributed by atoms with Gasteiger partial charge >= 0.3 is 5.97 Å². The van der Waals surface area contributed by atoms with E-state index < -0.39 is 12.1 Å². The molecule has 1 aliphatic rings. The Kier molecular flexibility index (Phi) is 4.90. The van der Waals surface area contributed by atoms with Crippen molar-refractivity contribution >= 4 is 5.97 Å². The van der Waals surface area contributed by atoms with Gasteiger partial charge in [0.15, 0.2) is 6.10 Å². The second-order valence-corrected chi connectivity index (χ2v) is 3.52. The van der Waals surface area contributed by atoms with Crippen molar-refractivity contribution in [3.05, 3.63) is 0 Å². The lowest BCUT2D eigenvalue weighted by molar-refractivity contribution is -0.155. The second kappa shape index (κ2) is 5.98. The summed E-state index contributed by atoms with van der Waals surface area (Å²) >= 11 is 0. The Morgan fingerprint density at radius 1 is 1.50 bits per heavy atom. The minimum absolute atomic E-state index is 0.174. The van der Waals surface area contributed by atoms with E-state index in [-0.39, 0.29) is 12.7 Å². The molecule has 82 valence electrons. The van der Waals surface area contributed by atoms with Gasteiger partial charge in [0.1, 0.15) is 0 Å². The first-order chi connectivity index (χ1) is 6.74. The van der Waals surface area contributed by atoms with E-state index in [0.29, 0.717) is 6.61 Å². The summed E-state index contributed by atoms with van der Waals surface area (Å²) in [7, 11) is 0. The standard InChI is InChI=1S/C10H18O4/c1-2-13-9(10(11)12)7-14-8-5-3-4-6-8/h8-9H,2-7H2,1H3,(H,11,12). The molecule has 0 aromatic heterocycles. The number of aliphatic carboxylic acids is 1. The SMILES string of the molecule is CCOC(COC1CCCC1)C(=O)O. The molecule has 0 saturated heterocycles. The summed E-state index contributed by atoms with van der Waals surface area (Å²) in [6, 6.07) is 0. The molecule has 0 bridgehead atoms. The van der Waals surface area contributed by atoms with Gasteiger partial charge in [-0.15, -0.1) is 0 Å². The number of carboxylic acid groups (broad SMARTS) is 1. The highest BCUT2D eigenvalue weighted by atomic mass is 16.6. The second-order valence-electron chi connectivity index (χ2n) is 3.52. The maximum Gasteiger partial charge on any atom is 0.335 e. The topological polar surface area (TPSA) is 55.8 Å². The molecule has 1 aliphatic carbocycles. The molecule has 1 unspecified atom stereocenters. The fraction of sp³-hybridized carbons (Fsp3) is 0.900. The van der Waals surface area contributed by atoms with E-state index in [2.05, 4.69) is 0 Å². The van der Waals surface area contributed by atoms with Gasteiger partial charge in [0.2, 0.25) is 0 Å². The first-order valence-corrected chi connectivity index (χ1v) is 5.20. The third-order valence-corrected chi connectivity index (χ3v) is 2.43. The van der Waals surface area contributed by atoms with Gasteiger partial charge in [0.25, 0.3) is 0 Å². The van der Waals surface area contributed by atoms with E-state index in [9.17, 15) is 4.79 Å². The highest BCUT2D eigenvalue weighted by Gasteiger charge is 2.21. The molecule has 14 heavy (non-hydrogen) atoms. The van der Waals surface area contributed by atoms with Crippen LogP contribution in [0.4, 0.5) is 0 Å². The molecule has 4 nitrogen and oxygen atoms in total. The van der Waals surface area contributed by atoms with E-state index >= 15 is 0 Å². The lowest BCUT2D eigenvalue weighted by atomic mass is 10.3. The van der Waals surface area contributed by atoms with Gasteiger partial charge in [-0.25, -0.2) is 4.79 Å². The molecule has 0 aromatic rings. The third-order valence-electron chi connectivity index (χ3n) is 2.43. The lowest BCUT2D eigenvalue weighted by Gasteiger charge is -2.16. The summed E-state index contributed by atoms with van der Waals surface area (Å²) in [6.45, 7) is 2.37. The van der Waals surface area contributed by atoms with Crippen molar-refractivity contribution in [2.75, 3.05) is 13.2 Å². The van der Waals surface area contributed by atoms with Crippen LogP contribution in [0.1, 0.15) is 32.6 Å². The molecular weight excluding hydrogens is 184 g/mol. The summed E-state index contributed by atoms with van der Waals surface area (Å²) in [6.07, 6.45) is 3.93. The summed E-state index contributed by atoms with van der Waals surface area (Å²) in [5, 5.41) is 8.77. The summed E-state index contributed by atoms with van der Waals surface area (Å²) in [5.74, 6) is -0.940. The van der Waals surface area contributed by atoms with Gasteiger partial charge in [-0.2, -0.15) is 0 Å². The first-order valence-electron chi connectivity index (χ1n) is 5.20. The average molecular weight is 202 g/mol. The first kappa shape index (κ1) is 11.5. The van der Waals surface area contributed by atoms with Gasteiger partial charge in [-0.1, -0.05) is 12.8 Å². The fourth-order valence-corrected chi connectivity index (χ4v) is 1.67. The van der Waals surface area contributed by atoms with E-state index in [1.54, 1.807) is 6.92 Å². The number of carboxylic acids is 1. The minimum atomic E-state index is -0.940. The van der Waals surface area contributed by atoms with Crippen molar-refractivity contribution in [1.82, 2.24) is 0 Å². The van der Waals surface area contributed by atoms with Crippen LogP contribution in [0.2, 0.25) is 0 Å². The zero-order valence-electron chi connectivity index (χ0n) is 8.57. The van der Waals surface area contributed by atoms with Crippen LogP contribution in [0.15, 0.2) is 0 Å². The van der Waals surface area contributed by atoms with Crippen LogP contribution in [0.25, 0.3) is 0 Å². The van der Waals surface area contributed by atoms with Gasteiger partial charge in [-0.05, 0) is 19.8 Å². The van der Waals surface area contributed by atoms with Crippen molar-refractivity contribution in [2.24, 2.45) is 0 Å². The van der Waals surface area contributed by atoms with E-state index in [1.807, 2.05) is 0 Å². The quantitative estimate of drug-likeness (QED) is 0.708. The van der Waals surface area contributed by atoms with Gasteiger partial charge in [0.05, 0.1) is 12.7 Å². The maximum absolute atomic E-state index is 10.7. The van der Waals surface area contributed by atoms with Crippen molar-refractivity contribution in [3.8, 4) is 0 Å². The number of rotatable bonds is 6. The number of ether oxygens (including phenoxy) is 2. The molecule has 0 aliphatic heterocycles. The molecular formula is C10H18O4. The van der Waals surface area contributed by atoms with Crippen LogP contribution >= 0.6 is 0 Å². The minimum Gasteiger partial charge on any atom is -0.479 e. The molecule has 0 aromatic carbocycles. The highest BCUT2D eigenvalue weighted by molar-refractivity contribution is 5.72. The lowest BCUT2D eigenvalue weighted by Crippen LogP contribution is -2.30. The van der Waals surface area contributed by atoms with Crippen molar-refractivity contribution in [3.63, 3.8) is 0 Å². The van der Waals surface area contributed by atoms with Crippen molar-refractivity contribution in [2.45, 2.75) is 44.8 Å². The molecule has 1 atom stereocenters. The largest absolute Gasteiger partial charge is 0.479 e. The normalized spacial score (nSPS) is 19.8. The van der Waals surface area contributed by atoms with Crippen LogP contribution < -0.4 is 0 Å². The molecule has 4 heteroatoms. The molecule has 1 saturated carbocycles. The smallest absolute Gasteiger partial charge is 0.335 e. The number of carbonyl (C=O) groups is 1. The summed E-state index contributed by atoms with van der Waals surface area (Å²) in [5.41, 5.74) is 0. The van der Waals surface area contributed by atoms with Gasteiger partial charge < -0.3 is 14.6 Å². The summed E-state index contributed by atoms with van der Waals surface area (Å²) < 4.78 is 10.5. The van der Waals surface area contributed by atoms with Crippen LogP contribution in [0.5, 0.6) is 0 Å². The van der Waals surface area contributed by atoms with Crippen LogP contribution in [-0.2, 0) is 14.3 Å². The van der Waals surface area contributed by atoms with Crippen molar-refractivity contribution in [1.29, 1.82) is 0 Å². The predicted molar refractivity (Wildman–Crippen MR) is 51.3 cm³/mol. The molecule has 0 spiro atoms. The van der Waals surface area contributed by atoms with E-state index in [1.165, 1.54) is 12.8 Å².